The lowest BCUT2D eigenvalue weighted by atomic mass is 9.97. The summed E-state index contributed by atoms with van der Waals surface area (Å²) in [5.74, 6) is -16.3. The molecule has 2 aromatic rings. The van der Waals surface area contributed by atoms with Gasteiger partial charge in [0.25, 0.3) is 0 Å². The van der Waals surface area contributed by atoms with Crippen molar-refractivity contribution in [2.45, 2.75) is 146 Å². The summed E-state index contributed by atoms with van der Waals surface area (Å²) >= 11 is 0. The van der Waals surface area contributed by atoms with Crippen LogP contribution in [0.4, 0.5) is 0 Å². The minimum atomic E-state index is -1.94. The van der Waals surface area contributed by atoms with Gasteiger partial charge in [-0.3, -0.25) is 62.5 Å². The number of guanidine groups is 1. The predicted octanol–water partition coefficient (Wildman–Crippen LogP) is -4.45. The molecule has 462 valence electrons. The van der Waals surface area contributed by atoms with E-state index in [1.54, 1.807) is 74.5 Å². The normalized spacial score (nSPS) is 14.4. The molecule has 2 aromatic carbocycles. The number of nitrogens with zero attached hydrogens (tertiary/aromatic N) is 1. The molecule has 0 aliphatic carbocycles. The van der Waals surface area contributed by atoms with E-state index in [1.165, 1.54) is 6.92 Å². The smallest absolute Gasteiger partial charge is 0.326 e. The molecule has 21 N–H and O–H groups in total. The highest BCUT2D eigenvalue weighted by molar-refractivity contribution is 5.99. The molecule has 0 saturated heterocycles. The summed E-state index contributed by atoms with van der Waals surface area (Å²) in [5, 5.41) is 59.7. The fraction of sp³-hybridized carbons (Fsp3) is 0.509. The molecule has 0 aliphatic rings. The van der Waals surface area contributed by atoms with Gasteiger partial charge in [-0.25, -0.2) is 4.79 Å². The number of carbonyl (C=O) groups is 13. The number of hydrogen-bond acceptors (Lipinski definition) is 16. The molecule has 0 aromatic heterocycles. The zero-order valence-corrected chi connectivity index (χ0v) is 46.8. The number of nitrogens with one attached hydrogen (secondary N) is 9. The summed E-state index contributed by atoms with van der Waals surface area (Å²) in [6.45, 7) is 3.68. The van der Waals surface area contributed by atoms with Crippen LogP contribution in [0.2, 0.25) is 0 Å². The largest absolute Gasteiger partial charge is 0.481 e. The highest BCUT2D eigenvalue weighted by atomic mass is 16.4. The second-order valence-corrected chi connectivity index (χ2v) is 19.6. The molecule has 0 bridgehead atoms. The molecule has 31 nitrogen and oxygen atoms in total. The van der Waals surface area contributed by atoms with Gasteiger partial charge in [0.05, 0.1) is 31.8 Å². The quantitative estimate of drug-likeness (QED) is 0.0171. The first kappa shape index (κ1) is 70.8. The van der Waals surface area contributed by atoms with E-state index in [9.17, 15) is 77.6 Å². The SMILES string of the molecule is CC[C@H](C)[C@H](NC(=O)[C@H](CC(=O)O)NC(=O)[C@H](CCCCN)NC(=O)[C@H](CC(=O)O)NC(=O)CNC(=O)[C@H](Cc1ccccc1)NC(=O)[C@H](CCCN=C(N)N)NC(=O)[C@@H](N)CC(=O)O)C(=O)N[C@@H](C)C(=O)N[C@@H](Cc1ccccc1)C(=O)O. The molecule has 0 heterocycles. The van der Waals surface area contributed by atoms with E-state index in [-0.39, 0.29) is 70.4 Å². The van der Waals surface area contributed by atoms with Gasteiger partial charge in [0.1, 0.15) is 48.3 Å². The average Bonchev–Trinajstić information content (AvgIpc) is 3.60. The first-order valence-corrected chi connectivity index (χ1v) is 26.8. The van der Waals surface area contributed by atoms with Crippen molar-refractivity contribution in [3.05, 3.63) is 71.8 Å². The van der Waals surface area contributed by atoms with Gasteiger partial charge in [-0.2, -0.15) is 0 Å². The van der Waals surface area contributed by atoms with Crippen LogP contribution in [0, 0.1) is 5.92 Å². The molecule has 0 unspecified atom stereocenters. The third kappa shape index (κ3) is 27.0. The Morgan fingerprint density at radius 1 is 0.500 bits per heavy atom. The van der Waals surface area contributed by atoms with Gasteiger partial charge < -0.3 is 91.2 Å². The summed E-state index contributed by atoms with van der Waals surface area (Å²) < 4.78 is 0. The maximum absolute atomic E-state index is 14.0. The summed E-state index contributed by atoms with van der Waals surface area (Å²) in [7, 11) is 0. The number of benzene rings is 2. The Hall–Kier alpha value is -9.26. The molecular weight excluding hydrogens is 1100 g/mol. The van der Waals surface area contributed by atoms with E-state index < -0.39 is 163 Å². The Morgan fingerprint density at radius 2 is 0.952 bits per heavy atom. The number of unbranched alkanes of at least 4 members (excludes halogenated alkanes) is 1. The third-order valence-electron chi connectivity index (χ3n) is 12.7. The van der Waals surface area contributed by atoms with Gasteiger partial charge >= 0.3 is 23.9 Å². The zero-order valence-electron chi connectivity index (χ0n) is 46.8. The van der Waals surface area contributed by atoms with E-state index in [4.69, 9.17) is 28.0 Å². The van der Waals surface area contributed by atoms with Crippen LogP contribution < -0.4 is 70.8 Å². The zero-order chi connectivity index (χ0) is 63.1. The highest BCUT2D eigenvalue weighted by Gasteiger charge is 2.36. The number of carboxylic acids is 4. The Morgan fingerprint density at radius 3 is 1.45 bits per heavy atom. The number of carbonyl (C=O) groups excluding carboxylic acids is 9. The number of carboxylic acid groups (broad SMARTS) is 4. The Bertz CT molecular complexity index is 2630. The molecule has 84 heavy (non-hydrogen) atoms. The molecule has 2 rings (SSSR count). The number of aliphatic carboxylic acids is 4. The lowest BCUT2D eigenvalue weighted by molar-refractivity contribution is -0.142. The van der Waals surface area contributed by atoms with Gasteiger partial charge in [-0.05, 0) is 62.6 Å². The Labute approximate surface area is 483 Å². The maximum Gasteiger partial charge on any atom is 0.326 e. The minimum Gasteiger partial charge on any atom is -0.481 e. The lowest BCUT2D eigenvalue weighted by Crippen LogP contribution is -2.60. The first-order chi connectivity index (χ1) is 39.6. The van der Waals surface area contributed by atoms with E-state index in [0.717, 1.165) is 0 Å². The molecule has 0 spiro atoms. The van der Waals surface area contributed by atoms with Crippen molar-refractivity contribution in [3.8, 4) is 0 Å². The van der Waals surface area contributed by atoms with Crippen molar-refractivity contribution >= 4 is 83.0 Å². The van der Waals surface area contributed by atoms with Crippen LogP contribution in [0.1, 0.15) is 89.7 Å². The predicted molar refractivity (Wildman–Crippen MR) is 299 cm³/mol. The number of hydrogen-bond donors (Lipinski definition) is 17. The van der Waals surface area contributed by atoms with Crippen molar-refractivity contribution in [3.63, 3.8) is 0 Å². The molecule has 31 heteroatoms. The van der Waals surface area contributed by atoms with Crippen molar-refractivity contribution in [2.75, 3.05) is 19.6 Å². The lowest BCUT2D eigenvalue weighted by Gasteiger charge is -2.28. The number of nitrogens with two attached hydrogens (primary N) is 4. The van der Waals surface area contributed by atoms with Crippen LogP contribution >= 0.6 is 0 Å². The minimum absolute atomic E-state index is 0.00687. The van der Waals surface area contributed by atoms with Crippen LogP contribution in [-0.2, 0) is 75.2 Å². The summed E-state index contributed by atoms with van der Waals surface area (Å²) in [5.41, 5.74) is 23.3. The van der Waals surface area contributed by atoms with Crippen molar-refractivity contribution < 1.29 is 82.8 Å². The average molecular weight is 1180 g/mol. The first-order valence-electron chi connectivity index (χ1n) is 26.8. The summed E-state index contributed by atoms with van der Waals surface area (Å²) in [4.78, 5) is 174. The molecule has 0 fully saturated rings. The number of amides is 9. The van der Waals surface area contributed by atoms with Crippen molar-refractivity contribution in [1.82, 2.24) is 47.9 Å². The number of rotatable bonds is 39. The van der Waals surface area contributed by atoms with Gasteiger partial charge in [0.15, 0.2) is 5.96 Å². The molecule has 0 saturated carbocycles. The molecule has 0 aliphatic heterocycles. The van der Waals surface area contributed by atoms with Crippen LogP contribution in [0.3, 0.4) is 0 Å². The Kier molecular flexibility index (Phi) is 31.2. The second kappa shape index (κ2) is 37.0. The van der Waals surface area contributed by atoms with E-state index >= 15 is 0 Å². The van der Waals surface area contributed by atoms with Crippen LogP contribution in [0.5, 0.6) is 0 Å². The molecular formula is C53H78N14O17. The molecule has 0 radical (unpaired) electrons. The topological polar surface area (TPSA) is 528 Å². The monoisotopic (exact) mass is 1180 g/mol. The standard InChI is InChI=1S/C53H78N14O17/c1-4-28(2)43(51(82)60-29(3)44(75)66-38(52(83)84)23-31-16-9-6-10-17-31)67-50(81)37(26-42(73)74)65-47(78)33(18-11-12-20-54)63-49(80)36(25-41(71)72)61-39(68)27-59-46(77)35(22-30-14-7-5-8-15-30)64-48(79)34(19-13-21-58-53(56)57)62-45(76)32(55)24-40(69)70/h5-10,14-17,28-29,32-38,43H,4,11-13,18-27,54-55H2,1-3H3,(H,59,77)(H,60,82)(H,61,68)(H,62,76)(H,63,80)(H,64,79)(H,65,78)(H,66,75)(H,67,81)(H,69,70)(H,71,72)(H,73,74)(H,83,84)(H4,56,57,58)/t28-,29-,32-,33-,34-,35-,36-,37-,38-,43-/m0/s1. The van der Waals surface area contributed by atoms with Gasteiger partial charge in [0, 0.05) is 19.4 Å². The molecule has 9 amide bonds. The second-order valence-electron chi connectivity index (χ2n) is 19.6. The van der Waals surface area contributed by atoms with Crippen molar-refractivity contribution in [1.29, 1.82) is 0 Å². The van der Waals surface area contributed by atoms with E-state index in [0.29, 0.717) is 11.1 Å². The van der Waals surface area contributed by atoms with Crippen molar-refractivity contribution in [2.24, 2.45) is 33.8 Å². The van der Waals surface area contributed by atoms with Gasteiger partial charge in [0.2, 0.25) is 53.2 Å². The van der Waals surface area contributed by atoms with Crippen LogP contribution in [0.15, 0.2) is 65.7 Å². The van der Waals surface area contributed by atoms with E-state index in [1.807, 2.05) is 0 Å². The summed E-state index contributed by atoms with van der Waals surface area (Å²) in [6, 6.07) is 2.49. The fourth-order valence-corrected chi connectivity index (χ4v) is 7.94. The summed E-state index contributed by atoms with van der Waals surface area (Å²) in [6.07, 6.45) is -2.78. The Balaban J connectivity index is 2.32. The third-order valence-corrected chi connectivity index (χ3v) is 12.7. The van der Waals surface area contributed by atoms with Crippen LogP contribution in [-0.4, -0.2) is 177 Å². The highest BCUT2D eigenvalue weighted by Crippen LogP contribution is 2.12. The van der Waals surface area contributed by atoms with Gasteiger partial charge in [-0.15, -0.1) is 0 Å². The maximum atomic E-state index is 14.0. The van der Waals surface area contributed by atoms with Gasteiger partial charge in [-0.1, -0.05) is 80.9 Å². The van der Waals surface area contributed by atoms with Crippen LogP contribution in [0.25, 0.3) is 0 Å². The fourth-order valence-electron chi connectivity index (χ4n) is 7.94. The number of aliphatic imine (C=N–C) groups is 1. The molecule has 10 atom stereocenters. The van der Waals surface area contributed by atoms with E-state index in [2.05, 4.69) is 52.8 Å².